The molecule has 0 saturated carbocycles. The SMILES string of the molecule is Cc1cccc2c1-c1c(ccc[n+]1C)CC1C3c4ccccc4C(c4ccccc43)C1C2. The molecule has 2 bridgehead atoms. The Bertz CT molecular complexity index is 1230. The Hall–Kier alpha value is -3.19. The fourth-order valence-electron chi connectivity index (χ4n) is 7.36. The summed E-state index contributed by atoms with van der Waals surface area (Å²) in [5.41, 5.74) is 13.6. The Balaban J connectivity index is 1.53. The zero-order valence-electron chi connectivity index (χ0n) is 18.8. The molecule has 32 heavy (non-hydrogen) atoms. The maximum Gasteiger partial charge on any atom is 0.216 e. The lowest BCUT2D eigenvalue weighted by Crippen LogP contribution is -2.43. The van der Waals surface area contributed by atoms with E-state index in [9.17, 15) is 0 Å². The van der Waals surface area contributed by atoms with Crippen molar-refractivity contribution in [3.8, 4) is 11.3 Å². The van der Waals surface area contributed by atoms with E-state index in [1.807, 2.05) is 0 Å². The van der Waals surface area contributed by atoms with Gasteiger partial charge in [0.25, 0.3) is 0 Å². The van der Waals surface area contributed by atoms with Crippen LogP contribution in [0.1, 0.15) is 50.8 Å². The van der Waals surface area contributed by atoms with Crippen LogP contribution in [0.4, 0.5) is 0 Å². The minimum Gasteiger partial charge on any atom is -0.201 e. The van der Waals surface area contributed by atoms with Crippen LogP contribution in [0.3, 0.4) is 0 Å². The van der Waals surface area contributed by atoms with Crippen molar-refractivity contribution in [3.63, 3.8) is 0 Å². The summed E-state index contributed by atoms with van der Waals surface area (Å²) in [5.74, 6) is 2.23. The monoisotopic (exact) mass is 414 g/mol. The smallest absolute Gasteiger partial charge is 0.201 e. The van der Waals surface area contributed by atoms with E-state index in [2.05, 4.69) is 104 Å². The van der Waals surface area contributed by atoms with Gasteiger partial charge in [0.05, 0.1) is 5.56 Å². The third-order valence-corrected chi connectivity index (χ3v) is 8.51. The Kier molecular flexibility index (Phi) is 3.82. The predicted molar refractivity (Wildman–Crippen MR) is 129 cm³/mol. The molecule has 4 aromatic rings. The summed E-state index contributed by atoms with van der Waals surface area (Å²) in [6.45, 7) is 2.28. The Morgan fingerprint density at radius 3 is 1.75 bits per heavy atom. The van der Waals surface area contributed by atoms with E-state index in [1.165, 1.54) is 27.9 Å². The van der Waals surface area contributed by atoms with Gasteiger partial charge in [-0.1, -0.05) is 66.7 Å². The largest absolute Gasteiger partial charge is 0.216 e. The first-order valence-corrected chi connectivity index (χ1v) is 12.0. The van der Waals surface area contributed by atoms with Gasteiger partial charge in [0, 0.05) is 23.5 Å². The summed E-state index contributed by atoms with van der Waals surface area (Å²) in [6, 6.07) is 30.1. The highest BCUT2D eigenvalue weighted by Gasteiger charge is 2.50. The third kappa shape index (κ3) is 2.37. The van der Waals surface area contributed by atoms with Crippen molar-refractivity contribution < 1.29 is 4.57 Å². The summed E-state index contributed by atoms with van der Waals surface area (Å²) in [4.78, 5) is 0. The van der Waals surface area contributed by atoms with Gasteiger partial charge in [-0.2, -0.15) is 0 Å². The van der Waals surface area contributed by atoms with Crippen LogP contribution in [0.25, 0.3) is 11.3 Å². The van der Waals surface area contributed by atoms with Crippen molar-refractivity contribution in [2.24, 2.45) is 18.9 Å². The molecule has 2 unspecified atom stereocenters. The number of hydrogen-bond donors (Lipinski definition) is 0. The van der Waals surface area contributed by atoms with Gasteiger partial charge in [-0.3, -0.25) is 0 Å². The summed E-state index contributed by atoms with van der Waals surface area (Å²) in [6.07, 6.45) is 4.51. The van der Waals surface area contributed by atoms with Crippen LogP contribution in [0.5, 0.6) is 0 Å². The molecule has 156 valence electrons. The van der Waals surface area contributed by atoms with Crippen molar-refractivity contribution in [1.29, 1.82) is 0 Å². The molecule has 0 N–H and O–H groups in total. The van der Waals surface area contributed by atoms with Crippen molar-refractivity contribution >= 4 is 0 Å². The lowest BCUT2D eigenvalue weighted by atomic mass is 9.51. The Labute approximate surface area is 190 Å². The lowest BCUT2D eigenvalue weighted by Gasteiger charge is -2.51. The van der Waals surface area contributed by atoms with Crippen molar-refractivity contribution in [2.75, 3.05) is 0 Å². The molecule has 1 heteroatoms. The molecular weight excluding hydrogens is 386 g/mol. The zero-order chi connectivity index (χ0) is 21.4. The van der Waals surface area contributed by atoms with Gasteiger partial charge in [0.2, 0.25) is 5.69 Å². The maximum absolute atomic E-state index is 2.41. The molecule has 0 radical (unpaired) electrons. The van der Waals surface area contributed by atoms with Crippen LogP contribution in [0, 0.1) is 18.8 Å². The average Bonchev–Trinajstić information content (AvgIpc) is 2.80. The first-order chi connectivity index (χ1) is 15.7. The molecule has 0 fully saturated rings. The summed E-state index contributed by atoms with van der Waals surface area (Å²) in [7, 11) is 2.21. The highest BCUT2D eigenvalue weighted by molar-refractivity contribution is 5.70. The number of benzene rings is 3. The number of rotatable bonds is 0. The average molecular weight is 415 g/mol. The highest BCUT2D eigenvalue weighted by Crippen LogP contribution is 2.60. The molecule has 4 aliphatic carbocycles. The summed E-state index contributed by atoms with van der Waals surface area (Å²) in [5, 5.41) is 0. The molecule has 1 heterocycles. The van der Waals surface area contributed by atoms with Gasteiger partial charge in [-0.15, -0.1) is 0 Å². The molecule has 0 amide bonds. The van der Waals surface area contributed by atoms with Crippen LogP contribution >= 0.6 is 0 Å². The third-order valence-electron chi connectivity index (χ3n) is 8.51. The standard InChI is InChI=1S/C31H28N/c1-19-9-7-10-20-17-26-27(18-21-11-8-16-32(2)31(21)28(19)20)30-24-14-5-3-12-22(24)29(26)23-13-4-6-15-25(23)30/h3-16,26-27,29-30H,17-18H2,1-2H3/q+1. The molecule has 1 nitrogen and oxygen atoms in total. The number of hydrogen-bond acceptors (Lipinski definition) is 0. The molecule has 0 aliphatic heterocycles. The molecule has 0 spiro atoms. The van der Waals surface area contributed by atoms with Crippen LogP contribution < -0.4 is 4.57 Å². The second-order valence-corrected chi connectivity index (χ2v) is 10.1. The number of nitrogens with zero attached hydrogens (tertiary/aromatic N) is 1. The van der Waals surface area contributed by atoms with Crippen molar-refractivity contribution in [2.45, 2.75) is 31.6 Å². The van der Waals surface area contributed by atoms with Gasteiger partial charge in [0.15, 0.2) is 6.20 Å². The zero-order valence-corrected chi connectivity index (χ0v) is 18.8. The van der Waals surface area contributed by atoms with Crippen LogP contribution in [-0.4, -0.2) is 0 Å². The molecular formula is C31H28N+. The molecule has 1 aromatic heterocycles. The van der Waals surface area contributed by atoms with Gasteiger partial charge >= 0.3 is 0 Å². The molecule has 0 saturated heterocycles. The fraction of sp³-hybridized carbons (Fsp3) is 0.258. The minimum absolute atomic E-state index is 0.488. The van der Waals surface area contributed by atoms with Gasteiger partial charge in [-0.25, -0.2) is 4.57 Å². The van der Waals surface area contributed by atoms with Gasteiger partial charge in [0.1, 0.15) is 7.05 Å². The molecule has 8 rings (SSSR count). The number of aryl methyl sites for hydroxylation is 2. The molecule has 3 aromatic carbocycles. The Morgan fingerprint density at radius 2 is 1.16 bits per heavy atom. The van der Waals surface area contributed by atoms with E-state index in [-0.39, 0.29) is 0 Å². The first-order valence-electron chi connectivity index (χ1n) is 12.0. The van der Waals surface area contributed by atoms with Crippen molar-refractivity contribution in [3.05, 3.63) is 124 Å². The van der Waals surface area contributed by atoms with Gasteiger partial charge < -0.3 is 0 Å². The van der Waals surface area contributed by atoms with Gasteiger partial charge in [-0.05, 0) is 71.0 Å². The lowest BCUT2D eigenvalue weighted by molar-refractivity contribution is -0.660. The predicted octanol–water partition coefficient (Wildman–Crippen LogP) is 6.11. The summed E-state index contributed by atoms with van der Waals surface area (Å²) < 4.78 is 2.35. The fourth-order valence-corrected chi connectivity index (χ4v) is 7.36. The minimum atomic E-state index is 0.488. The number of fused-ring (bicyclic) bond motifs is 3. The van der Waals surface area contributed by atoms with E-state index in [0.29, 0.717) is 23.7 Å². The first kappa shape index (κ1) is 18.4. The second-order valence-electron chi connectivity index (χ2n) is 10.1. The second kappa shape index (κ2) is 6.65. The number of aromatic nitrogens is 1. The maximum atomic E-state index is 2.41. The van der Waals surface area contributed by atoms with Crippen LogP contribution in [0.15, 0.2) is 85.1 Å². The van der Waals surface area contributed by atoms with E-state index in [0.717, 1.165) is 12.8 Å². The topological polar surface area (TPSA) is 3.88 Å². The molecule has 2 atom stereocenters. The van der Waals surface area contributed by atoms with E-state index < -0.39 is 0 Å². The summed E-state index contributed by atoms with van der Waals surface area (Å²) >= 11 is 0. The van der Waals surface area contributed by atoms with Crippen LogP contribution in [0.2, 0.25) is 0 Å². The van der Waals surface area contributed by atoms with Crippen LogP contribution in [-0.2, 0) is 19.9 Å². The normalized spacial score (nSPS) is 24.3. The Morgan fingerprint density at radius 1 is 0.625 bits per heavy atom. The van der Waals surface area contributed by atoms with E-state index in [4.69, 9.17) is 0 Å². The quantitative estimate of drug-likeness (QED) is 0.306. The van der Waals surface area contributed by atoms with E-state index in [1.54, 1.807) is 22.3 Å². The highest BCUT2D eigenvalue weighted by atomic mass is 14.9. The van der Waals surface area contributed by atoms with Crippen molar-refractivity contribution in [1.82, 2.24) is 0 Å². The molecule has 4 aliphatic rings. The number of pyridine rings is 1. The van der Waals surface area contributed by atoms with E-state index >= 15 is 0 Å².